The van der Waals surface area contributed by atoms with Crippen molar-refractivity contribution in [3.8, 4) is 11.1 Å². The van der Waals surface area contributed by atoms with Gasteiger partial charge in [0.25, 0.3) is 6.08 Å². The van der Waals surface area contributed by atoms with Gasteiger partial charge in [0.2, 0.25) is 0 Å². The van der Waals surface area contributed by atoms with Crippen LogP contribution in [0, 0.1) is 0 Å². The Balaban J connectivity index is 1.76. The Morgan fingerprint density at radius 2 is 1.97 bits per heavy atom. The van der Waals surface area contributed by atoms with Gasteiger partial charge < -0.3 is 5.73 Å². The van der Waals surface area contributed by atoms with Gasteiger partial charge in [-0.3, -0.25) is 9.55 Å². The second-order valence-corrected chi connectivity index (χ2v) is 6.99. The van der Waals surface area contributed by atoms with Gasteiger partial charge in [0.1, 0.15) is 12.0 Å². The van der Waals surface area contributed by atoms with Crippen molar-refractivity contribution < 1.29 is 22.0 Å². The van der Waals surface area contributed by atoms with Crippen molar-refractivity contribution in [2.75, 3.05) is 6.54 Å². The van der Waals surface area contributed by atoms with Gasteiger partial charge in [-0.05, 0) is 23.1 Å². The number of thiophene rings is 1. The number of halogens is 5. The molecule has 3 heterocycles. The van der Waals surface area contributed by atoms with Crippen molar-refractivity contribution in [1.82, 2.24) is 19.3 Å². The fourth-order valence-electron chi connectivity index (χ4n) is 2.49. The van der Waals surface area contributed by atoms with Crippen molar-refractivity contribution in [2.45, 2.75) is 19.3 Å². The van der Waals surface area contributed by atoms with Crippen molar-refractivity contribution in [3.63, 3.8) is 0 Å². The van der Waals surface area contributed by atoms with E-state index in [4.69, 9.17) is 5.73 Å². The van der Waals surface area contributed by atoms with E-state index in [-0.39, 0.29) is 12.1 Å². The molecule has 0 unspecified atom stereocenters. The van der Waals surface area contributed by atoms with Crippen molar-refractivity contribution >= 4 is 11.3 Å². The summed E-state index contributed by atoms with van der Waals surface area (Å²) in [5, 5.41) is 5.54. The lowest BCUT2D eigenvalue weighted by molar-refractivity contribution is -0.141. The summed E-state index contributed by atoms with van der Waals surface area (Å²) in [6.07, 6.45) is -4.09. The molecule has 0 saturated heterocycles. The molecular weight excluding hydrogens is 417 g/mol. The quantitative estimate of drug-likeness (QED) is 0.608. The number of alkyl halides is 3. The molecule has 0 spiro atoms. The second kappa shape index (κ2) is 8.25. The molecule has 0 radical (unpaired) electrons. The van der Waals surface area contributed by atoms with Crippen LogP contribution in [0.4, 0.5) is 22.0 Å². The van der Waals surface area contributed by atoms with Crippen LogP contribution >= 0.6 is 11.3 Å². The number of aromatic nitrogens is 4. The third-order valence-corrected chi connectivity index (χ3v) is 4.94. The average Bonchev–Trinajstić information content (AvgIpc) is 3.27. The lowest BCUT2D eigenvalue weighted by atomic mass is 10.1. The highest BCUT2D eigenvalue weighted by Gasteiger charge is 2.32. The monoisotopic (exact) mass is 431 g/mol. The number of pyridine rings is 1. The van der Waals surface area contributed by atoms with Gasteiger partial charge in [0.15, 0.2) is 0 Å². The van der Waals surface area contributed by atoms with Gasteiger partial charge in [0, 0.05) is 28.8 Å². The van der Waals surface area contributed by atoms with Crippen LogP contribution in [0.25, 0.3) is 11.1 Å². The largest absolute Gasteiger partial charge is 0.433 e. The minimum absolute atomic E-state index is 0.136. The molecule has 0 atom stereocenters. The summed E-state index contributed by atoms with van der Waals surface area (Å²) in [5.74, 6) is 0. The first-order valence-electron chi connectivity index (χ1n) is 8.15. The molecule has 12 heteroatoms. The molecule has 0 aromatic carbocycles. The van der Waals surface area contributed by atoms with Crippen molar-refractivity contribution in [2.24, 2.45) is 5.73 Å². The van der Waals surface area contributed by atoms with Gasteiger partial charge in [-0.15, -0.1) is 11.3 Å². The number of hydrogen-bond donors (Lipinski definition) is 1. The zero-order valence-corrected chi connectivity index (χ0v) is 15.5. The molecule has 2 N–H and O–H groups in total. The lowest BCUT2D eigenvalue weighted by Crippen LogP contribution is -2.27. The van der Waals surface area contributed by atoms with E-state index in [1.54, 1.807) is 11.4 Å². The second-order valence-electron chi connectivity index (χ2n) is 6.00. The van der Waals surface area contributed by atoms with E-state index in [1.165, 1.54) is 28.3 Å². The maximum Gasteiger partial charge on any atom is 0.433 e. The van der Waals surface area contributed by atoms with Gasteiger partial charge in [0.05, 0.1) is 13.1 Å². The highest BCUT2D eigenvalue weighted by molar-refractivity contribution is 7.10. The van der Waals surface area contributed by atoms with Gasteiger partial charge >= 0.3 is 11.9 Å². The van der Waals surface area contributed by atoms with E-state index in [1.807, 2.05) is 0 Å². The van der Waals surface area contributed by atoms with E-state index in [0.29, 0.717) is 11.1 Å². The smallest absolute Gasteiger partial charge is 0.327 e. The molecule has 6 nitrogen and oxygen atoms in total. The number of hydrogen-bond acceptors (Lipinski definition) is 5. The number of nitrogens with two attached hydrogens (primary N) is 1. The molecule has 3 aromatic rings. The average molecular weight is 431 g/mol. The van der Waals surface area contributed by atoms with Crippen molar-refractivity contribution in [1.29, 1.82) is 0 Å². The Hall–Kier alpha value is -2.86. The molecule has 0 aliphatic heterocycles. The number of nitrogens with zero attached hydrogens (tertiary/aromatic N) is 4. The normalized spacial score (nSPS) is 11.7. The molecule has 154 valence electrons. The van der Waals surface area contributed by atoms with E-state index in [0.717, 1.165) is 21.8 Å². The summed E-state index contributed by atoms with van der Waals surface area (Å²) >= 11 is 1.29. The highest BCUT2D eigenvalue weighted by Crippen LogP contribution is 2.30. The first-order chi connectivity index (χ1) is 13.7. The molecule has 3 rings (SSSR count). The molecule has 0 fully saturated rings. The van der Waals surface area contributed by atoms with Crippen LogP contribution in [0.2, 0.25) is 0 Å². The number of rotatable bonds is 6. The fraction of sp³-hybridized carbons (Fsp3) is 0.235. The fourth-order valence-corrected chi connectivity index (χ4v) is 3.38. The summed E-state index contributed by atoms with van der Waals surface area (Å²) in [5.41, 5.74) is 4.45. The van der Waals surface area contributed by atoms with Crippen LogP contribution in [0.3, 0.4) is 0 Å². The zero-order chi connectivity index (χ0) is 21.2. The first kappa shape index (κ1) is 20.9. The van der Waals surface area contributed by atoms with Crippen LogP contribution < -0.4 is 11.4 Å². The molecule has 0 aliphatic rings. The molecule has 0 amide bonds. The third-order valence-electron chi connectivity index (χ3n) is 4.02. The summed E-state index contributed by atoms with van der Waals surface area (Å²) < 4.78 is 65.3. The van der Waals surface area contributed by atoms with Crippen LogP contribution in [0.15, 0.2) is 52.6 Å². The van der Waals surface area contributed by atoms with Crippen LogP contribution in [0.5, 0.6) is 0 Å². The van der Waals surface area contributed by atoms with Gasteiger partial charge in [-0.2, -0.15) is 27.1 Å². The lowest BCUT2D eigenvalue weighted by Gasteiger charge is -2.05. The Labute approximate surface area is 164 Å². The third kappa shape index (κ3) is 4.77. The van der Waals surface area contributed by atoms with E-state index in [2.05, 4.69) is 10.1 Å². The first-order valence-corrected chi connectivity index (χ1v) is 9.03. The van der Waals surface area contributed by atoms with Gasteiger partial charge in [-0.25, -0.2) is 9.48 Å². The maximum atomic E-state index is 12.7. The molecule has 0 saturated carbocycles. The Kier molecular flexibility index (Phi) is 5.94. The predicted octanol–water partition coefficient (Wildman–Crippen LogP) is 3.34. The van der Waals surface area contributed by atoms with Crippen LogP contribution in [-0.2, 0) is 19.3 Å². The Morgan fingerprint density at radius 1 is 1.21 bits per heavy atom. The Bertz CT molecular complexity index is 1080. The topological polar surface area (TPSA) is 78.7 Å². The highest BCUT2D eigenvalue weighted by atomic mass is 32.1. The molecule has 29 heavy (non-hydrogen) atoms. The van der Waals surface area contributed by atoms with Crippen molar-refractivity contribution in [3.05, 3.63) is 68.8 Å². The van der Waals surface area contributed by atoms with Gasteiger partial charge in [-0.1, -0.05) is 6.07 Å². The molecule has 0 aliphatic carbocycles. The minimum Gasteiger partial charge on any atom is -0.327 e. The maximum absolute atomic E-state index is 12.7. The summed E-state index contributed by atoms with van der Waals surface area (Å²) in [6, 6.07) is 3.93. The summed E-state index contributed by atoms with van der Waals surface area (Å²) in [7, 11) is 0. The van der Waals surface area contributed by atoms with Crippen LogP contribution in [-0.4, -0.2) is 25.9 Å². The molecular formula is C17H14F5N5OS. The summed E-state index contributed by atoms with van der Waals surface area (Å²) in [4.78, 5) is 16.5. The van der Waals surface area contributed by atoms with E-state index >= 15 is 0 Å². The van der Waals surface area contributed by atoms with E-state index < -0.39 is 36.7 Å². The van der Waals surface area contributed by atoms with Crippen LogP contribution in [0.1, 0.15) is 10.6 Å². The SMILES string of the molecule is NCC(Cn1ncn(Cc2cc(-c3ccc(C(F)(F)F)nc3)cs2)c1=O)=C(F)F. The van der Waals surface area contributed by atoms with E-state index in [9.17, 15) is 26.7 Å². The Morgan fingerprint density at radius 3 is 2.55 bits per heavy atom. The predicted molar refractivity (Wildman–Crippen MR) is 96.4 cm³/mol. The standard InChI is InChI=1S/C17H14F5N5OS/c18-15(19)12(4-23)6-27-16(28)26(9-25-27)7-13-3-11(8-29-13)10-1-2-14(24-5-10)17(20,21)22/h1-3,5,8-9H,4,6-7,23H2. The molecule has 0 bridgehead atoms. The zero-order valence-electron chi connectivity index (χ0n) is 14.7. The molecule has 3 aromatic heterocycles. The minimum atomic E-state index is -4.51. The summed E-state index contributed by atoms with van der Waals surface area (Å²) in [6.45, 7) is -0.661.